The molecular formula is C17H23N3OS. The topological polar surface area (TPSA) is 46.1 Å². The Morgan fingerprint density at radius 1 is 1.23 bits per heavy atom. The van der Waals surface area contributed by atoms with E-state index in [1.807, 2.05) is 37.8 Å². The van der Waals surface area contributed by atoms with Crippen molar-refractivity contribution < 1.29 is 4.79 Å². The Morgan fingerprint density at radius 3 is 2.55 bits per heavy atom. The largest absolute Gasteiger partial charge is 0.343 e. The predicted molar refractivity (Wildman–Crippen MR) is 90.1 cm³/mol. The van der Waals surface area contributed by atoms with E-state index in [1.54, 1.807) is 23.7 Å². The van der Waals surface area contributed by atoms with Gasteiger partial charge in [-0.2, -0.15) is 0 Å². The predicted octanol–water partition coefficient (Wildman–Crippen LogP) is 3.18. The summed E-state index contributed by atoms with van der Waals surface area (Å²) in [5, 5.41) is 1.07. The molecule has 0 aliphatic heterocycles. The third-order valence-corrected chi connectivity index (χ3v) is 4.85. The number of aromatic nitrogens is 2. The van der Waals surface area contributed by atoms with E-state index in [9.17, 15) is 4.79 Å². The minimum atomic E-state index is 0.224. The number of carbonyl (C=O) groups excluding carboxylic acids is 1. The summed E-state index contributed by atoms with van der Waals surface area (Å²) in [4.78, 5) is 24.0. The highest BCUT2D eigenvalue weighted by molar-refractivity contribution is 7.11. The molecule has 2 aromatic rings. The Balaban J connectivity index is 1.85. The van der Waals surface area contributed by atoms with Crippen LogP contribution < -0.4 is 0 Å². The van der Waals surface area contributed by atoms with E-state index >= 15 is 0 Å². The lowest BCUT2D eigenvalue weighted by Crippen LogP contribution is -2.32. The molecule has 0 aromatic carbocycles. The van der Waals surface area contributed by atoms with Gasteiger partial charge in [-0.25, -0.2) is 4.98 Å². The number of thiazole rings is 1. The van der Waals surface area contributed by atoms with E-state index in [-0.39, 0.29) is 5.91 Å². The zero-order valence-electron chi connectivity index (χ0n) is 13.5. The third kappa shape index (κ3) is 4.63. The summed E-state index contributed by atoms with van der Waals surface area (Å²) >= 11 is 1.70. The summed E-state index contributed by atoms with van der Waals surface area (Å²) in [7, 11) is 0. The van der Waals surface area contributed by atoms with Crippen LogP contribution in [0.3, 0.4) is 0 Å². The van der Waals surface area contributed by atoms with Crippen LogP contribution in [0.25, 0.3) is 0 Å². The van der Waals surface area contributed by atoms with E-state index in [4.69, 9.17) is 0 Å². The molecule has 2 heterocycles. The molecule has 118 valence electrons. The molecule has 0 saturated carbocycles. The SMILES string of the molecule is CCN(CCc1ccncc1)C(=O)CCc1sc(C)nc1C. The lowest BCUT2D eigenvalue weighted by atomic mass is 10.1. The van der Waals surface area contributed by atoms with Gasteiger partial charge in [0.05, 0.1) is 10.7 Å². The molecule has 0 spiro atoms. The van der Waals surface area contributed by atoms with Crippen molar-refractivity contribution in [2.75, 3.05) is 13.1 Å². The fraction of sp³-hybridized carbons (Fsp3) is 0.471. The maximum absolute atomic E-state index is 12.4. The van der Waals surface area contributed by atoms with Crippen LogP contribution in [0.1, 0.15) is 34.5 Å². The van der Waals surface area contributed by atoms with E-state index < -0.39 is 0 Å². The number of rotatable bonds is 7. The smallest absolute Gasteiger partial charge is 0.222 e. The molecule has 0 saturated heterocycles. The van der Waals surface area contributed by atoms with Crippen molar-refractivity contribution in [1.82, 2.24) is 14.9 Å². The highest BCUT2D eigenvalue weighted by Gasteiger charge is 2.13. The number of likely N-dealkylation sites (N-methyl/N-ethyl adjacent to an activating group) is 1. The highest BCUT2D eigenvalue weighted by atomic mass is 32.1. The molecule has 22 heavy (non-hydrogen) atoms. The van der Waals surface area contributed by atoms with E-state index in [1.165, 1.54) is 10.4 Å². The lowest BCUT2D eigenvalue weighted by Gasteiger charge is -2.20. The average molecular weight is 317 g/mol. The van der Waals surface area contributed by atoms with Gasteiger partial charge in [0.15, 0.2) is 0 Å². The zero-order valence-corrected chi connectivity index (χ0v) is 14.3. The van der Waals surface area contributed by atoms with E-state index in [2.05, 4.69) is 9.97 Å². The number of carbonyl (C=O) groups is 1. The Bertz CT molecular complexity index is 610. The lowest BCUT2D eigenvalue weighted by molar-refractivity contribution is -0.130. The first-order valence-corrected chi connectivity index (χ1v) is 8.51. The molecule has 0 radical (unpaired) electrons. The molecule has 4 nitrogen and oxygen atoms in total. The molecule has 0 N–H and O–H groups in total. The van der Waals surface area contributed by atoms with Crippen LogP contribution in [0.5, 0.6) is 0 Å². The molecule has 5 heteroatoms. The third-order valence-electron chi connectivity index (χ3n) is 3.72. The Labute approximate surface area is 136 Å². The quantitative estimate of drug-likeness (QED) is 0.788. The standard InChI is InChI=1S/C17H23N3OS/c1-4-20(12-9-15-7-10-18-11-8-15)17(21)6-5-16-13(2)19-14(3)22-16/h7-8,10-11H,4-6,9,12H2,1-3H3. The van der Waals surface area contributed by atoms with Crippen molar-refractivity contribution in [2.45, 2.75) is 40.0 Å². The van der Waals surface area contributed by atoms with Crippen molar-refractivity contribution in [3.8, 4) is 0 Å². The van der Waals surface area contributed by atoms with Crippen LogP contribution in [0.2, 0.25) is 0 Å². The monoisotopic (exact) mass is 317 g/mol. The summed E-state index contributed by atoms with van der Waals surface area (Å²) in [6, 6.07) is 4.00. The van der Waals surface area contributed by atoms with Crippen LogP contribution >= 0.6 is 11.3 Å². The van der Waals surface area contributed by atoms with Gasteiger partial charge in [-0.15, -0.1) is 11.3 Å². The first-order chi connectivity index (χ1) is 10.6. The summed E-state index contributed by atoms with van der Waals surface area (Å²) in [5.74, 6) is 0.224. The van der Waals surface area contributed by atoms with Gasteiger partial charge in [0, 0.05) is 36.8 Å². The first-order valence-electron chi connectivity index (χ1n) is 7.69. The number of amides is 1. The van der Waals surface area contributed by atoms with Crippen molar-refractivity contribution in [3.63, 3.8) is 0 Å². The molecule has 2 aromatic heterocycles. The molecule has 1 amide bonds. The van der Waals surface area contributed by atoms with Gasteiger partial charge in [0.1, 0.15) is 0 Å². The van der Waals surface area contributed by atoms with Gasteiger partial charge in [-0.1, -0.05) is 0 Å². The molecular weight excluding hydrogens is 294 g/mol. The van der Waals surface area contributed by atoms with Crippen LogP contribution in [0.15, 0.2) is 24.5 Å². The molecule has 2 rings (SSSR count). The summed E-state index contributed by atoms with van der Waals surface area (Å²) in [6.07, 6.45) is 5.82. The maximum Gasteiger partial charge on any atom is 0.222 e. The number of hydrogen-bond acceptors (Lipinski definition) is 4. The summed E-state index contributed by atoms with van der Waals surface area (Å²) in [5.41, 5.74) is 2.28. The van der Waals surface area contributed by atoms with Crippen molar-refractivity contribution in [2.24, 2.45) is 0 Å². The molecule has 0 aliphatic carbocycles. The maximum atomic E-state index is 12.4. The summed E-state index contributed by atoms with van der Waals surface area (Å²) < 4.78 is 0. The number of aryl methyl sites for hydroxylation is 3. The number of nitrogens with zero attached hydrogens (tertiary/aromatic N) is 3. The first kappa shape index (κ1) is 16.6. The molecule has 0 bridgehead atoms. The second-order valence-electron chi connectivity index (χ2n) is 5.32. The van der Waals surface area contributed by atoms with Gasteiger partial charge < -0.3 is 4.90 Å². The molecule has 0 aliphatic rings. The fourth-order valence-corrected chi connectivity index (χ4v) is 3.39. The zero-order chi connectivity index (χ0) is 15.9. The Kier molecular flexibility index (Phi) is 6.07. The molecule has 0 atom stereocenters. The van der Waals surface area contributed by atoms with Crippen LogP contribution in [-0.4, -0.2) is 33.9 Å². The van der Waals surface area contributed by atoms with Crippen LogP contribution in [-0.2, 0) is 17.6 Å². The van der Waals surface area contributed by atoms with Crippen molar-refractivity contribution in [3.05, 3.63) is 45.7 Å². The Morgan fingerprint density at radius 2 is 1.95 bits per heavy atom. The minimum absolute atomic E-state index is 0.224. The Hall–Kier alpha value is -1.75. The van der Waals surface area contributed by atoms with Gasteiger partial charge in [0.2, 0.25) is 5.91 Å². The van der Waals surface area contributed by atoms with E-state index in [0.717, 1.165) is 36.6 Å². The van der Waals surface area contributed by atoms with Gasteiger partial charge >= 0.3 is 0 Å². The highest BCUT2D eigenvalue weighted by Crippen LogP contribution is 2.19. The van der Waals surface area contributed by atoms with Crippen LogP contribution in [0, 0.1) is 13.8 Å². The van der Waals surface area contributed by atoms with Gasteiger partial charge in [-0.05, 0) is 51.3 Å². The van der Waals surface area contributed by atoms with Gasteiger partial charge in [-0.3, -0.25) is 9.78 Å². The van der Waals surface area contributed by atoms with Crippen LogP contribution in [0.4, 0.5) is 0 Å². The second kappa shape index (κ2) is 8.03. The minimum Gasteiger partial charge on any atom is -0.343 e. The fourth-order valence-electron chi connectivity index (χ4n) is 2.46. The van der Waals surface area contributed by atoms with Crippen molar-refractivity contribution >= 4 is 17.2 Å². The second-order valence-corrected chi connectivity index (χ2v) is 6.61. The molecule has 0 fully saturated rings. The molecule has 0 unspecified atom stereocenters. The van der Waals surface area contributed by atoms with Gasteiger partial charge in [0.25, 0.3) is 0 Å². The normalized spacial score (nSPS) is 10.7. The van der Waals surface area contributed by atoms with Crippen molar-refractivity contribution in [1.29, 1.82) is 0 Å². The van der Waals surface area contributed by atoms with E-state index in [0.29, 0.717) is 6.42 Å². The average Bonchev–Trinajstić information content (AvgIpc) is 2.84. The number of hydrogen-bond donors (Lipinski definition) is 0. The number of pyridine rings is 1. The summed E-state index contributed by atoms with van der Waals surface area (Å²) in [6.45, 7) is 7.58.